The summed E-state index contributed by atoms with van der Waals surface area (Å²) >= 11 is 0. The number of nitrogens with zero attached hydrogens (tertiary/aromatic N) is 6. The molecule has 0 fully saturated rings. The van der Waals surface area contributed by atoms with E-state index in [0.29, 0.717) is 0 Å². The van der Waals surface area contributed by atoms with Gasteiger partial charge in [0.2, 0.25) is 0 Å². The van der Waals surface area contributed by atoms with Gasteiger partial charge in [-0.25, -0.2) is 9.97 Å². The normalized spacial score (nSPS) is 11.6. The van der Waals surface area contributed by atoms with E-state index < -0.39 is 0 Å². The molecule has 0 spiro atoms. The number of aromatic nitrogens is 5. The lowest BCUT2D eigenvalue weighted by molar-refractivity contribution is 1.06. The van der Waals surface area contributed by atoms with Crippen LogP contribution in [-0.4, -0.2) is 24.1 Å². The van der Waals surface area contributed by atoms with E-state index >= 15 is 0 Å². The van der Waals surface area contributed by atoms with E-state index in [1.807, 2.05) is 24.8 Å². The third-order valence-corrected chi connectivity index (χ3v) is 8.99. The highest BCUT2D eigenvalue weighted by atomic mass is 15.2. The summed E-state index contributed by atoms with van der Waals surface area (Å²) in [5.74, 6) is 1.76. The zero-order valence-corrected chi connectivity index (χ0v) is 26.0. The Hall–Kier alpha value is -6.27. The summed E-state index contributed by atoms with van der Waals surface area (Å²) in [5.41, 5.74) is 9.76. The molecule has 47 heavy (non-hydrogen) atoms. The first-order valence-corrected chi connectivity index (χ1v) is 15.8. The van der Waals surface area contributed by atoms with Crippen LogP contribution in [0.3, 0.4) is 0 Å². The number of hydrogen-bond acceptors (Lipinski definition) is 4. The molecule has 0 aliphatic carbocycles. The smallest absolute Gasteiger partial charge is 0.137 e. The number of fused-ring (bicyclic) bond motifs is 6. The van der Waals surface area contributed by atoms with Gasteiger partial charge in [-0.15, -0.1) is 0 Å². The first kappa shape index (κ1) is 27.1. The highest BCUT2D eigenvalue weighted by Crippen LogP contribution is 2.41. The molecule has 0 atom stereocenters. The Morgan fingerprint density at radius 1 is 0.447 bits per heavy atom. The topological polar surface area (TPSA) is 51.8 Å². The number of aryl methyl sites for hydroxylation is 2. The predicted octanol–water partition coefficient (Wildman–Crippen LogP) is 10.2. The predicted molar refractivity (Wildman–Crippen MR) is 193 cm³/mol. The van der Waals surface area contributed by atoms with Gasteiger partial charge in [0.05, 0.1) is 28.3 Å². The fraction of sp³-hybridized carbons (Fsp3) is 0.0488. The number of benzene rings is 4. The molecule has 0 amide bonds. The Morgan fingerprint density at radius 3 is 1.62 bits per heavy atom. The van der Waals surface area contributed by atoms with E-state index in [1.165, 1.54) is 10.8 Å². The van der Waals surface area contributed by atoms with Crippen LogP contribution in [-0.2, 0) is 0 Å². The maximum Gasteiger partial charge on any atom is 0.137 e. The molecule has 5 aromatic heterocycles. The molecule has 9 rings (SSSR count). The first-order valence-electron chi connectivity index (χ1n) is 15.8. The molecule has 0 N–H and O–H groups in total. The summed E-state index contributed by atoms with van der Waals surface area (Å²) in [4.78, 5) is 16.5. The molecule has 224 valence electrons. The fourth-order valence-electron chi connectivity index (χ4n) is 6.79. The molecule has 0 saturated heterocycles. The standard InChI is InChI=1S/C41H30N6/c1-27-12-18-40(43-24-27)46-36-11-7-6-10-32(36)33-16-14-30(22-37(33)46)45(29-8-4-3-5-9-29)31-15-17-34-35-20-21-42-26-39(35)47(38(34)23-31)41-19-13-28(2)25-44-41/h3-26H,1-2H3. The monoisotopic (exact) mass is 606 g/mol. The lowest BCUT2D eigenvalue weighted by Gasteiger charge is -2.26. The molecule has 6 nitrogen and oxygen atoms in total. The largest absolute Gasteiger partial charge is 0.310 e. The number of anilines is 3. The van der Waals surface area contributed by atoms with Gasteiger partial charge in [0.1, 0.15) is 11.6 Å². The maximum atomic E-state index is 4.85. The van der Waals surface area contributed by atoms with Crippen LogP contribution in [0.2, 0.25) is 0 Å². The summed E-state index contributed by atoms with van der Waals surface area (Å²) < 4.78 is 4.49. The van der Waals surface area contributed by atoms with Crippen LogP contribution in [0.15, 0.2) is 146 Å². The summed E-state index contributed by atoms with van der Waals surface area (Å²) in [6.07, 6.45) is 7.64. The van der Waals surface area contributed by atoms with Gasteiger partial charge in [-0.2, -0.15) is 0 Å². The third kappa shape index (κ3) is 4.37. The van der Waals surface area contributed by atoms with Gasteiger partial charge in [-0.1, -0.05) is 60.7 Å². The van der Waals surface area contributed by atoms with Crippen LogP contribution in [0.1, 0.15) is 11.1 Å². The Morgan fingerprint density at radius 2 is 1.00 bits per heavy atom. The van der Waals surface area contributed by atoms with Gasteiger partial charge >= 0.3 is 0 Å². The molecule has 0 aliphatic heterocycles. The average molecular weight is 607 g/mol. The SMILES string of the molecule is Cc1ccc(-n2c3ccccc3c3ccc(N(c4ccccc4)c4ccc5c6ccncc6n(-c6ccc(C)cn6)c5c4)cc32)nc1. The number of pyridine rings is 3. The fourth-order valence-corrected chi connectivity index (χ4v) is 6.79. The Kier molecular flexibility index (Phi) is 6.15. The van der Waals surface area contributed by atoms with E-state index in [2.05, 4.69) is 154 Å². The number of hydrogen-bond donors (Lipinski definition) is 0. The van der Waals surface area contributed by atoms with E-state index in [4.69, 9.17) is 9.97 Å². The second-order valence-corrected chi connectivity index (χ2v) is 12.0. The van der Waals surface area contributed by atoms with E-state index in [9.17, 15) is 0 Å². The quantitative estimate of drug-likeness (QED) is 0.196. The summed E-state index contributed by atoms with van der Waals surface area (Å²) in [6, 6.07) is 43.1. The zero-order valence-electron chi connectivity index (χ0n) is 26.0. The van der Waals surface area contributed by atoms with Gasteiger partial charge in [0, 0.05) is 57.2 Å². The van der Waals surface area contributed by atoms with Crippen LogP contribution in [0, 0.1) is 13.8 Å². The van der Waals surface area contributed by atoms with Gasteiger partial charge in [-0.3, -0.25) is 14.1 Å². The van der Waals surface area contributed by atoms with Crippen molar-refractivity contribution in [2.24, 2.45) is 0 Å². The molecule has 9 aromatic rings. The summed E-state index contributed by atoms with van der Waals surface area (Å²) in [6.45, 7) is 4.13. The molecule has 4 aromatic carbocycles. The van der Waals surface area contributed by atoms with Crippen LogP contribution in [0.4, 0.5) is 17.1 Å². The van der Waals surface area contributed by atoms with Crippen LogP contribution in [0.25, 0.3) is 55.2 Å². The summed E-state index contributed by atoms with van der Waals surface area (Å²) in [5, 5.41) is 4.69. The Balaban J connectivity index is 1.30. The van der Waals surface area contributed by atoms with Gasteiger partial charge in [-0.05, 0) is 85.6 Å². The highest BCUT2D eigenvalue weighted by molar-refractivity contribution is 6.11. The molecule has 0 unspecified atom stereocenters. The first-order chi connectivity index (χ1) is 23.1. The molecule has 0 aliphatic rings. The minimum absolute atomic E-state index is 0.864. The van der Waals surface area contributed by atoms with Gasteiger partial charge < -0.3 is 4.90 Å². The van der Waals surface area contributed by atoms with Crippen LogP contribution >= 0.6 is 0 Å². The van der Waals surface area contributed by atoms with Gasteiger partial charge in [0.25, 0.3) is 0 Å². The van der Waals surface area contributed by atoms with Crippen molar-refractivity contribution in [2.45, 2.75) is 13.8 Å². The molecule has 5 heterocycles. The number of para-hydroxylation sites is 2. The Bertz CT molecular complexity index is 2420. The highest BCUT2D eigenvalue weighted by Gasteiger charge is 2.20. The maximum absolute atomic E-state index is 4.85. The van der Waals surface area contributed by atoms with Gasteiger partial charge in [0.15, 0.2) is 0 Å². The molecular formula is C41H30N6. The van der Waals surface area contributed by atoms with Crippen molar-refractivity contribution in [1.29, 1.82) is 0 Å². The van der Waals surface area contributed by atoms with Crippen molar-refractivity contribution in [3.05, 3.63) is 157 Å². The van der Waals surface area contributed by atoms with E-state index in [0.717, 1.165) is 72.7 Å². The van der Waals surface area contributed by atoms with E-state index in [1.54, 1.807) is 0 Å². The summed E-state index contributed by atoms with van der Waals surface area (Å²) in [7, 11) is 0. The molecule has 0 bridgehead atoms. The second-order valence-electron chi connectivity index (χ2n) is 12.0. The van der Waals surface area contributed by atoms with Crippen molar-refractivity contribution >= 4 is 60.7 Å². The lowest BCUT2D eigenvalue weighted by Crippen LogP contribution is -2.10. The molecular weight excluding hydrogens is 576 g/mol. The van der Waals surface area contributed by atoms with Crippen molar-refractivity contribution in [3.8, 4) is 11.6 Å². The molecule has 6 heteroatoms. The van der Waals surface area contributed by atoms with E-state index in [-0.39, 0.29) is 0 Å². The Labute approximate surface area is 271 Å². The van der Waals surface area contributed by atoms with Crippen molar-refractivity contribution in [1.82, 2.24) is 24.1 Å². The average Bonchev–Trinajstić information content (AvgIpc) is 3.62. The van der Waals surface area contributed by atoms with Crippen molar-refractivity contribution < 1.29 is 0 Å². The third-order valence-electron chi connectivity index (χ3n) is 8.99. The second kappa shape index (κ2) is 10.7. The number of rotatable bonds is 5. The lowest BCUT2D eigenvalue weighted by atomic mass is 10.1. The molecule has 0 saturated carbocycles. The van der Waals surface area contributed by atoms with Crippen molar-refractivity contribution in [3.63, 3.8) is 0 Å². The minimum atomic E-state index is 0.864. The zero-order chi connectivity index (χ0) is 31.5. The minimum Gasteiger partial charge on any atom is -0.310 e. The van der Waals surface area contributed by atoms with Crippen LogP contribution < -0.4 is 4.90 Å². The van der Waals surface area contributed by atoms with Crippen molar-refractivity contribution in [2.75, 3.05) is 4.90 Å². The molecule has 0 radical (unpaired) electrons. The van der Waals surface area contributed by atoms with Crippen LogP contribution in [0.5, 0.6) is 0 Å².